The van der Waals surface area contributed by atoms with Crippen LogP contribution in [0.1, 0.15) is 32.0 Å². The summed E-state index contributed by atoms with van der Waals surface area (Å²) < 4.78 is 0. The summed E-state index contributed by atoms with van der Waals surface area (Å²) >= 11 is 0. The molecule has 4 N–H and O–H groups in total. The van der Waals surface area contributed by atoms with Gasteiger partial charge in [0.05, 0.1) is 6.54 Å². The molecule has 1 atom stereocenters. The molecule has 1 amide bonds. The highest BCUT2D eigenvalue weighted by molar-refractivity contribution is 5.76. The SMILES string of the molecule is CCCC(N)CC(=O)NCc1ncn[nH]1. The van der Waals surface area contributed by atoms with Crippen LogP contribution in [0.5, 0.6) is 0 Å². The molecule has 84 valence electrons. The minimum absolute atomic E-state index is 0.0487. The molecule has 1 heterocycles. The van der Waals surface area contributed by atoms with E-state index < -0.39 is 0 Å². The van der Waals surface area contributed by atoms with Crippen molar-refractivity contribution in [2.24, 2.45) is 5.73 Å². The number of rotatable bonds is 6. The number of aromatic amines is 1. The van der Waals surface area contributed by atoms with Crippen molar-refractivity contribution >= 4 is 5.91 Å². The van der Waals surface area contributed by atoms with Crippen LogP contribution in [0.2, 0.25) is 0 Å². The first-order chi connectivity index (χ1) is 7.22. The second kappa shape index (κ2) is 6.13. The minimum Gasteiger partial charge on any atom is -0.349 e. The molecule has 0 spiro atoms. The van der Waals surface area contributed by atoms with E-state index in [0.29, 0.717) is 18.8 Å². The lowest BCUT2D eigenvalue weighted by Crippen LogP contribution is -2.31. The second-order valence-electron chi connectivity index (χ2n) is 3.46. The van der Waals surface area contributed by atoms with E-state index in [-0.39, 0.29) is 11.9 Å². The standard InChI is InChI=1S/C9H17N5O/c1-2-3-7(10)4-9(15)11-5-8-12-6-13-14-8/h6-7H,2-5,10H2,1H3,(H,11,15)(H,12,13,14). The van der Waals surface area contributed by atoms with Gasteiger partial charge >= 0.3 is 0 Å². The van der Waals surface area contributed by atoms with Gasteiger partial charge < -0.3 is 11.1 Å². The molecule has 0 aromatic carbocycles. The number of carbonyl (C=O) groups is 1. The number of amides is 1. The Morgan fingerprint density at radius 2 is 2.53 bits per heavy atom. The van der Waals surface area contributed by atoms with Gasteiger partial charge in [0.1, 0.15) is 12.2 Å². The van der Waals surface area contributed by atoms with Gasteiger partial charge in [0.25, 0.3) is 0 Å². The molecule has 0 aliphatic carbocycles. The van der Waals surface area contributed by atoms with Gasteiger partial charge in [-0.25, -0.2) is 4.98 Å². The molecule has 0 fully saturated rings. The fraction of sp³-hybridized carbons (Fsp3) is 0.667. The van der Waals surface area contributed by atoms with E-state index in [0.717, 1.165) is 12.8 Å². The first-order valence-corrected chi connectivity index (χ1v) is 5.09. The Balaban J connectivity index is 2.19. The minimum atomic E-state index is -0.0512. The number of aromatic nitrogens is 3. The van der Waals surface area contributed by atoms with Gasteiger partial charge in [0.2, 0.25) is 5.91 Å². The van der Waals surface area contributed by atoms with Crippen LogP contribution in [0, 0.1) is 0 Å². The lowest BCUT2D eigenvalue weighted by Gasteiger charge is -2.09. The molecule has 1 unspecified atom stereocenters. The fourth-order valence-electron chi connectivity index (χ4n) is 1.28. The number of H-pyrrole nitrogens is 1. The lowest BCUT2D eigenvalue weighted by molar-refractivity contribution is -0.121. The van der Waals surface area contributed by atoms with E-state index in [1.165, 1.54) is 6.33 Å². The highest BCUT2D eigenvalue weighted by Gasteiger charge is 2.08. The number of nitrogens with one attached hydrogen (secondary N) is 2. The molecule has 0 saturated heterocycles. The molecular weight excluding hydrogens is 194 g/mol. The van der Waals surface area contributed by atoms with Gasteiger partial charge in [-0.1, -0.05) is 13.3 Å². The van der Waals surface area contributed by atoms with Crippen LogP contribution in [0.4, 0.5) is 0 Å². The maximum absolute atomic E-state index is 11.4. The summed E-state index contributed by atoms with van der Waals surface area (Å²) in [5.74, 6) is 0.597. The normalized spacial score (nSPS) is 12.4. The smallest absolute Gasteiger partial charge is 0.221 e. The van der Waals surface area contributed by atoms with Crippen molar-refractivity contribution in [2.45, 2.75) is 38.8 Å². The predicted molar refractivity (Wildman–Crippen MR) is 55.7 cm³/mol. The maximum atomic E-state index is 11.4. The Morgan fingerprint density at radius 3 is 3.13 bits per heavy atom. The molecular formula is C9H17N5O. The number of hydrogen-bond acceptors (Lipinski definition) is 4. The number of hydrogen-bond donors (Lipinski definition) is 3. The molecule has 0 bridgehead atoms. The first-order valence-electron chi connectivity index (χ1n) is 5.09. The Morgan fingerprint density at radius 1 is 1.73 bits per heavy atom. The van der Waals surface area contributed by atoms with Gasteiger partial charge in [0, 0.05) is 12.5 Å². The van der Waals surface area contributed by atoms with Gasteiger partial charge in [0.15, 0.2) is 0 Å². The molecule has 1 aromatic rings. The zero-order valence-corrected chi connectivity index (χ0v) is 8.86. The van der Waals surface area contributed by atoms with Crippen molar-refractivity contribution in [1.82, 2.24) is 20.5 Å². The van der Waals surface area contributed by atoms with Crippen molar-refractivity contribution in [2.75, 3.05) is 0 Å². The Kier molecular flexibility index (Phi) is 4.76. The first kappa shape index (κ1) is 11.6. The Hall–Kier alpha value is -1.43. The average molecular weight is 211 g/mol. The molecule has 0 radical (unpaired) electrons. The zero-order valence-electron chi connectivity index (χ0n) is 8.86. The Labute approximate surface area is 88.7 Å². The summed E-state index contributed by atoms with van der Waals surface area (Å²) in [5.41, 5.74) is 5.74. The number of carbonyl (C=O) groups excluding carboxylic acids is 1. The Bertz CT molecular complexity index is 285. The summed E-state index contributed by atoms with van der Waals surface area (Å²) in [6.07, 6.45) is 3.64. The number of nitrogens with zero attached hydrogens (tertiary/aromatic N) is 2. The van der Waals surface area contributed by atoms with Gasteiger partial charge in [-0.05, 0) is 6.42 Å². The summed E-state index contributed by atoms with van der Waals surface area (Å²) in [4.78, 5) is 15.3. The molecule has 1 rings (SSSR count). The highest BCUT2D eigenvalue weighted by atomic mass is 16.1. The highest BCUT2D eigenvalue weighted by Crippen LogP contribution is 1.98. The van der Waals surface area contributed by atoms with Crippen LogP contribution in [0.3, 0.4) is 0 Å². The van der Waals surface area contributed by atoms with E-state index in [9.17, 15) is 4.79 Å². The van der Waals surface area contributed by atoms with Gasteiger partial charge in [-0.3, -0.25) is 9.89 Å². The molecule has 15 heavy (non-hydrogen) atoms. The maximum Gasteiger partial charge on any atom is 0.221 e. The van der Waals surface area contributed by atoms with Crippen LogP contribution in [0.15, 0.2) is 6.33 Å². The van der Waals surface area contributed by atoms with Gasteiger partial charge in [-0.15, -0.1) is 0 Å². The quantitative estimate of drug-likeness (QED) is 0.614. The largest absolute Gasteiger partial charge is 0.349 e. The second-order valence-corrected chi connectivity index (χ2v) is 3.46. The molecule has 0 aliphatic rings. The monoisotopic (exact) mass is 211 g/mol. The van der Waals surface area contributed by atoms with Gasteiger partial charge in [-0.2, -0.15) is 5.10 Å². The zero-order chi connectivity index (χ0) is 11.1. The summed E-state index contributed by atoms with van der Waals surface area (Å²) in [6.45, 7) is 2.42. The van der Waals surface area contributed by atoms with Crippen molar-refractivity contribution in [1.29, 1.82) is 0 Å². The van der Waals surface area contributed by atoms with E-state index in [2.05, 4.69) is 20.5 Å². The van der Waals surface area contributed by atoms with Crippen LogP contribution >= 0.6 is 0 Å². The number of nitrogens with two attached hydrogens (primary N) is 1. The van der Waals surface area contributed by atoms with Crippen LogP contribution in [-0.2, 0) is 11.3 Å². The van der Waals surface area contributed by atoms with E-state index >= 15 is 0 Å². The average Bonchev–Trinajstić information content (AvgIpc) is 2.67. The van der Waals surface area contributed by atoms with E-state index in [4.69, 9.17) is 5.73 Å². The van der Waals surface area contributed by atoms with Crippen molar-refractivity contribution in [3.63, 3.8) is 0 Å². The van der Waals surface area contributed by atoms with Crippen LogP contribution in [-0.4, -0.2) is 27.1 Å². The molecule has 1 aromatic heterocycles. The predicted octanol–water partition coefficient (Wildman–Crippen LogP) is -0.0616. The molecule has 6 heteroatoms. The van der Waals surface area contributed by atoms with Crippen LogP contribution < -0.4 is 11.1 Å². The molecule has 6 nitrogen and oxygen atoms in total. The topological polar surface area (TPSA) is 96.7 Å². The van der Waals surface area contributed by atoms with E-state index in [1.807, 2.05) is 6.92 Å². The summed E-state index contributed by atoms with van der Waals surface area (Å²) in [6, 6.07) is -0.0512. The molecule has 0 saturated carbocycles. The fourth-order valence-corrected chi connectivity index (χ4v) is 1.28. The third-order valence-electron chi connectivity index (χ3n) is 2.02. The van der Waals surface area contributed by atoms with Crippen LogP contribution in [0.25, 0.3) is 0 Å². The van der Waals surface area contributed by atoms with E-state index in [1.54, 1.807) is 0 Å². The summed E-state index contributed by atoms with van der Waals surface area (Å²) in [5, 5.41) is 9.06. The summed E-state index contributed by atoms with van der Waals surface area (Å²) in [7, 11) is 0. The third kappa shape index (κ3) is 4.55. The van der Waals surface area contributed by atoms with Crippen molar-refractivity contribution < 1.29 is 4.79 Å². The third-order valence-corrected chi connectivity index (χ3v) is 2.02. The molecule has 0 aliphatic heterocycles. The van der Waals surface area contributed by atoms with Crippen molar-refractivity contribution in [3.8, 4) is 0 Å². The van der Waals surface area contributed by atoms with Crippen molar-refractivity contribution in [3.05, 3.63) is 12.2 Å². The lowest BCUT2D eigenvalue weighted by atomic mass is 10.1.